The molecule has 0 atom stereocenters. The van der Waals surface area contributed by atoms with E-state index >= 15 is 0 Å². The van der Waals surface area contributed by atoms with Crippen molar-refractivity contribution >= 4 is 56.8 Å². The minimum absolute atomic E-state index is 0.0104. The molecular weight excluding hydrogens is 428 g/mol. The number of thiocarbonyl (C=S) groups is 1. The normalized spacial score (nSPS) is 15.5. The average molecular weight is 441 g/mol. The number of rotatable bonds is 4. The van der Waals surface area contributed by atoms with Gasteiger partial charge in [0.2, 0.25) is 0 Å². The summed E-state index contributed by atoms with van der Waals surface area (Å²) in [6.45, 7) is 0.168. The van der Waals surface area contributed by atoms with Gasteiger partial charge in [-0.05, 0) is 60.3 Å². The highest BCUT2D eigenvalue weighted by Gasteiger charge is 2.34. The third kappa shape index (κ3) is 4.25. The molecule has 27 heavy (non-hydrogen) atoms. The molecule has 7 heteroatoms. The van der Waals surface area contributed by atoms with Crippen molar-refractivity contribution in [3.63, 3.8) is 0 Å². The summed E-state index contributed by atoms with van der Waals surface area (Å²) in [6.07, 6.45) is 6.67. The number of nitrogens with one attached hydrogen (secondary N) is 1. The van der Waals surface area contributed by atoms with Gasteiger partial charge >= 0.3 is 0 Å². The molecule has 1 saturated heterocycles. The summed E-state index contributed by atoms with van der Waals surface area (Å²) >= 11 is 8.52. The van der Waals surface area contributed by atoms with Gasteiger partial charge in [0.25, 0.3) is 11.8 Å². The number of ether oxygens (including phenoxy) is 1. The van der Waals surface area contributed by atoms with E-state index in [9.17, 15) is 9.59 Å². The third-order valence-electron chi connectivity index (χ3n) is 3.70. The number of amides is 2. The molecule has 1 aliphatic heterocycles. The number of nitrogens with zero attached hydrogens (tertiary/aromatic N) is 1. The molecule has 0 spiro atoms. The monoisotopic (exact) mass is 440 g/mol. The molecule has 1 aliphatic rings. The van der Waals surface area contributed by atoms with Crippen LogP contribution in [0.25, 0.3) is 6.08 Å². The summed E-state index contributed by atoms with van der Waals surface area (Å²) in [5.41, 5.74) is 1.23. The van der Waals surface area contributed by atoms with Crippen LogP contribution in [0.1, 0.15) is 5.56 Å². The van der Waals surface area contributed by atoms with Gasteiger partial charge in [0, 0.05) is 4.47 Å². The quantitative estimate of drug-likeness (QED) is 0.343. The van der Waals surface area contributed by atoms with Gasteiger partial charge in [-0.3, -0.25) is 19.8 Å². The van der Waals surface area contributed by atoms with Crippen molar-refractivity contribution in [2.24, 2.45) is 0 Å². The van der Waals surface area contributed by atoms with Crippen LogP contribution in [0.15, 0.2) is 58.6 Å². The maximum Gasteiger partial charge on any atom is 0.270 e. The molecule has 134 valence electrons. The van der Waals surface area contributed by atoms with E-state index in [0.29, 0.717) is 17.0 Å². The lowest BCUT2D eigenvalue weighted by Gasteiger charge is -2.29. The molecule has 2 aromatic carbocycles. The topological polar surface area (TPSA) is 58.6 Å². The summed E-state index contributed by atoms with van der Waals surface area (Å²) < 4.78 is 6.18. The first-order chi connectivity index (χ1) is 13.0. The fourth-order valence-electron chi connectivity index (χ4n) is 2.43. The first-order valence-electron chi connectivity index (χ1n) is 7.83. The number of terminal acetylenes is 1. The van der Waals surface area contributed by atoms with Gasteiger partial charge in [-0.2, -0.15) is 0 Å². The van der Waals surface area contributed by atoms with Crippen molar-refractivity contribution in [1.82, 2.24) is 5.32 Å². The largest absolute Gasteiger partial charge is 0.481 e. The second kappa shape index (κ2) is 8.16. The van der Waals surface area contributed by atoms with E-state index in [2.05, 4.69) is 27.2 Å². The minimum atomic E-state index is -0.536. The molecule has 1 fully saturated rings. The molecular formula is C20H13BrN2O3S. The Morgan fingerprint density at radius 2 is 1.81 bits per heavy atom. The highest BCUT2D eigenvalue weighted by molar-refractivity contribution is 9.10. The zero-order valence-electron chi connectivity index (χ0n) is 13.9. The Kier molecular flexibility index (Phi) is 5.69. The van der Waals surface area contributed by atoms with E-state index in [1.807, 2.05) is 0 Å². The second-order valence-corrected chi connectivity index (χ2v) is 6.80. The fourth-order valence-corrected chi connectivity index (χ4v) is 2.98. The number of benzene rings is 2. The van der Waals surface area contributed by atoms with Crippen LogP contribution in [0.3, 0.4) is 0 Å². The SMILES string of the molecule is C#CCOc1ccc(C=C2C(=O)NC(=S)N(c3ccc(Br)cc3)C2=O)cc1. The number of hydrogen-bond donors (Lipinski definition) is 1. The van der Waals surface area contributed by atoms with Gasteiger partial charge in [0.05, 0.1) is 5.69 Å². The predicted octanol–water partition coefficient (Wildman–Crippen LogP) is 3.29. The molecule has 0 bridgehead atoms. The Balaban J connectivity index is 1.89. The molecule has 0 unspecified atom stereocenters. The Morgan fingerprint density at radius 3 is 2.44 bits per heavy atom. The molecule has 0 aliphatic carbocycles. The summed E-state index contributed by atoms with van der Waals surface area (Å²) in [5.74, 6) is 1.96. The van der Waals surface area contributed by atoms with Crippen LogP contribution in [0.4, 0.5) is 5.69 Å². The fraction of sp³-hybridized carbons (Fsp3) is 0.0500. The lowest BCUT2D eigenvalue weighted by atomic mass is 10.1. The highest BCUT2D eigenvalue weighted by Crippen LogP contribution is 2.24. The van der Waals surface area contributed by atoms with Crippen molar-refractivity contribution < 1.29 is 14.3 Å². The lowest BCUT2D eigenvalue weighted by Crippen LogP contribution is -2.54. The number of hydrogen-bond acceptors (Lipinski definition) is 4. The smallest absolute Gasteiger partial charge is 0.270 e. The van der Waals surface area contributed by atoms with Crippen LogP contribution in [-0.4, -0.2) is 23.5 Å². The van der Waals surface area contributed by atoms with Crippen LogP contribution < -0.4 is 15.0 Å². The number of carbonyl (C=O) groups excluding carboxylic acids is 2. The molecule has 2 amide bonds. The maximum absolute atomic E-state index is 12.9. The van der Waals surface area contributed by atoms with Crippen molar-refractivity contribution in [3.8, 4) is 18.1 Å². The Hall–Kier alpha value is -2.95. The van der Waals surface area contributed by atoms with Crippen LogP contribution in [0.2, 0.25) is 0 Å². The van der Waals surface area contributed by atoms with Gasteiger partial charge < -0.3 is 4.74 Å². The number of anilines is 1. The van der Waals surface area contributed by atoms with E-state index in [-0.39, 0.29) is 17.3 Å². The predicted molar refractivity (Wildman–Crippen MR) is 111 cm³/mol. The highest BCUT2D eigenvalue weighted by atomic mass is 79.9. The van der Waals surface area contributed by atoms with Crippen LogP contribution in [0.5, 0.6) is 5.75 Å². The molecule has 5 nitrogen and oxygen atoms in total. The lowest BCUT2D eigenvalue weighted by molar-refractivity contribution is -0.122. The van der Waals surface area contributed by atoms with Gasteiger partial charge in [0.1, 0.15) is 17.9 Å². The van der Waals surface area contributed by atoms with E-state index in [4.69, 9.17) is 23.4 Å². The number of halogens is 1. The van der Waals surface area contributed by atoms with Crippen LogP contribution >= 0.6 is 28.1 Å². The first-order valence-corrected chi connectivity index (χ1v) is 9.03. The Morgan fingerprint density at radius 1 is 1.15 bits per heavy atom. The molecule has 1 N–H and O–H groups in total. The molecule has 0 saturated carbocycles. The summed E-state index contributed by atoms with van der Waals surface area (Å²) in [7, 11) is 0. The third-order valence-corrected chi connectivity index (χ3v) is 4.51. The summed E-state index contributed by atoms with van der Waals surface area (Å²) in [5, 5.41) is 2.60. The van der Waals surface area contributed by atoms with Crippen molar-refractivity contribution in [2.45, 2.75) is 0 Å². The summed E-state index contributed by atoms with van der Waals surface area (Å²) in [4.78, 5) is 26.5. The minimum Gasteiger partial charge on any atom is -0.481 e. The molecule has 1 heterocycles. The molecule has 0 radical (unpaired) electrons. The molecule has 0 aromatic heterocycles. The van der Waals surface area contributed by atoms with Gasteiger partial charge in [0.15, 0.2) is 5.11 Å². The maximum atomic E-state index is 12.9. The van der Waals surface area contributed by atoms with Gasteiger partial charge in [-0.1, -0.05) is 34.0 Å². The zero-order valence-corrected chi connectivity index (χ0v) is 16.3. The van der Waals surface area contributed by atoms with Crippen LogP contribution in [0, 0.1) is 12.3 Å². The summed E-state index contributed by atoms with van der Waals surface area (Å²) in [6, 6.07) is 14.0. The van der Waals surface area contributed by atoms with Crippen molar-refractivity contribution in [3.05, 3.63) is 64.1 Å². The average Bonchev–Trinajstić information content (AvgIpc) is 2.66. The molecule has 2 aromatic rings. The van der Waals surface area contributed by atoms with E-state index in [0.717, 1.165) is 4.47 Å². The number of carbonyl (C=O) groups is 2. The standard InChI is InChI=1S/C20H13BrN2O3S/c1-2-11-26-16-9-3-13(4-10-16)12-17-18(24)22-20(27)23(19(17)25)15-7-5-14(21)6-8-15/h1,3-10,12H,11H2,(H,22,24,27). The van der Waals surface area contributed by atoms with Gasteiger partial charge in [-0.15, -0.1) is 6.42 Å². The van der Waals surface area contributed by atoms with Crippen molar-refractivity contribution in [2.75, 3.05) is 11.5 Å². The molecule has 3 rings (SSSR count). The Labute approximate surface area is 170 Å². The van der Waals surface area contributed by atoms with Crippen molar-refractivity contribution in [1.29, 1.82) is 0 Å². The van der Waals surface area contributed by atoms with E-state index in [1.165, 1.54) is 11.0 Å². The van der Waals surface area contributed by atoms with E-state index in [1.54, 1.807) is 48.5 Å². The van der Waals surface area contributed by atoms with Gasteiger partial charge in [-0.25, -0.2) is 0 Å². The first kappa shape index (κ1) is 18.8. The van der Waals surface area contributed by atoms with E-state index < -0.39 is 11.8 Å². The second-order valence-electron chi connectivity index (χ2n) is 5.50. The zero-order chi connectivity index (χ0) is 19.4. The van der Waals surface area contributed by atoms with Crippen LogP contribution in [-0.2, 0) is 9.59 Å². The Bertz CT molecular complexity index is 976.